The molecule has 3 N–H and O–H groups in total. The topological polar surface area (TPSA) is 146 Å². The van der Waals surface area contributed by atoms with Crippen LogP contribution in [0.25, 0.3) is 0 Å². The molecule has 0 aliphatic carbocycles. The summed E-state index contributed by atoms with van der Waals surface area (Å²) in [6.45, 7) is 5.60. The number of esters is 1. The lowest BCUT2D eigenvalue weighted by Crippen LogP contribution is -2.45. The first-order chi connectivity index (χ1) is 22.2. The highest BCUT2D eigenvalue weighted by Crippen LogP contribution is 2.34. The highest BCUT2D eigenvalue weighted by molar-refractivity contribution is 5.95. The quantitative estimate of drug-likeness (QED) is 0.133. The number of nitrogens with one attached hydrogen (secondary N) is 3. The van der Waals surface area contributed by atoms with Gasteiger partial charge in [-0.2, -0.15) is 5.10 Å². The molecule has 1 atom stereocenters. The summed E-state index contributed by atoms with van der Waals surface area (Å²) in [5.41, 5.74) is 5.05. The molecule has 0 fully saturated rings. The Balaban J connectivity index is 1.36. The van der Waals surface area contributed by atoms with Crippen LogP contribution >= 0.6 is 0 Å². The van der Waals surface area contributed by atoms with Crippen molar-refractivity contribution in [1.82, 2.24) is 16.1 Å². The zero-order valence-electron chi connectivity index (χ0n) is 25.8. The van der Waals surface area contributed by atoms with Gasteiger partial charge in [-0.25, -0.2) is 19.4 Å². The Morgan fingerprint density at radius 1 is 0.935 bits per heavy atom. The van der Waals surface area contributed by atoms with Gasteiger partial charge in [-0.1, -0.05) is 18.2 Å². The van der Waals surface area contributed by atoms with Crippen molar-refractivity contribution < 1.29 is 42.5 Å². The third kappa shape index (κ3) is 8.74. The van der Waals surface area contributed by atoms with Crippen molar-refractivity contribution in [3.63, 3.8) is 0 Å². The van der Waals surface area contributed by atoms with Crippen LogP contribution in [0.5, 0.6) is 23.0 Å². The molecule has 1 aliphatic rings. The van der Waals surface area contributed by atoms with Crippen molar-refractivity contribution in [3.8, 4) is 23.0 Å². The summed E-state index contributed by atoms with van der Waals surface area (Å²) in [6.07, 6.45) is 1.45. The summed E-state index contributed by atoms with van der Waals surface area (Å²) in [5.74, 6) is 0.137. The molecule has 13 heteroatoms. The summed E-state index contributed by atoms with van der Waals surface area (Å²) < 4.78 is 41.0. The van der Waals surface area contributed by atoms with Gasteiger partial charge >= 0.3 is 12.0 Å². The molecule has 0 spiro atoms. The van der Waals surface area contributed by atoms with Crippen LogP contribution in [-0.2, 0) is 20.9 Å². The number of carbonyl (C=O) groups is 3. The predicted octanol–water partition coefficient (Wildman–Crippen LogP) is 4.53. The van der Waals surface area contributed by atoms with E-state index in [-0.39, 0.29) is 42.7 Å². The lowest BCUT2D eigenvalue weighted by molar-refractivity contribution is -0.139. The second-order valence-corrected chi connectivity index (χ2v) is 9.84. The van der Waals surface area contributed by atoms with E-state index in [9.17, 15) is 18.8 Å². The molecule has 12 nitrogen and oxygen atoms in total. The Hall–Kier alpha value is -5.59. The zero-order chi connectivity index (χ0) is 33.1. The number of hydrogen-bond donors (Lipinski definition) is 3. The van der Waals surface area contributed by atoms with E-state index >= 15 is 0 Å². The molecule has 3 amide bonds. The van der Waals surface area contributed by atoms with E-state index in [0.29, 0.717) is 34.9 Å². The van der Waals surface area contributed by atoms with E-state index in [2.05, 4.69) is 21.2 Å². The van der Waals surface area contributed by atoms with E-state index in [1.807, 2.05) is 6.92 Å². The lowest BCUT2D eigenvalue weighted by atomic mass is 9.95. The summed E-state index contributed by atoms with van der Waals surface area (Å²) >= 11 is 0. The third-order valence-electron chi connectivity index (χ3n) is 6.62. The third-order valence-corrected chi connectivity index (χ3v) is 6.62. The van der Waals surface area contributed by atoms with E-state index in [4.69, 9.17) is 23.7 Å². The van der Waals surface area contributed by atoms with E-state index in [1.54, 1.807) is 62.4 Å². The van der Waals surface area contributed by atoms with E-state index < -0.39 is 23.9 Å². The fourth-order valence-corrected chi connectivity index (χ4v) is 4.49. The highest BCUT2D eigenvalue weighted by atomic mass is 19.1. The van der Waals surface area contributed by atoms with Crippen molar-refractivity contribution in [1.29, 1.82) is 0 Å². The molecule has 1 aliphatic heterocycles. The smallest absolute Gasteiger partial charge is 0.338 e. The van der Waals surface area contributed by atoms with Crippen LogP contribution in [0.2, 0.25) is 0 Å². The minimum atomic E-state index is -0.785. The molecule has 3 aromatic carbocycles. The van der Waals surface area contributed by atoms with Crippen molar-refractivity contribution in [2.24, 2.45) is 5.10 Å². The molecule has 0 radical (unpaired) electrons. The number of halogens is 1. The number of allylic oxidation sites excluding steroid dienone is 1. The second-order valence-electron chi connectivity index (χ2n) is 9.84. The average molecular weight is 635 g/mol. The number of benzene rings is 3. The fourth-order valence-electron chi connectivity index (χ4n) is 4.49. The molecule has 1 heterocycles. The summed E-state index contributed by atoms with van der Waals surface area (Å²) in [7, 11) is 1.43. The van der Waals surface area contributed by atoms with Crippen LogP contribution in [0.1, 0.15) is 43.5 Å². The first-order valence-electron chi connectivity index (χ1n) is 14.4. The molecule has 0 bridgehead atoms. The average Bonchev–Trinajstić information content (AvgIpc) is 3.04. The van der Waals surface area contributed by atoms with Crippen LogP contribution < -0.4 is 35.0 Å². The lowest BCUT2D eigenvalue weighted by Gasteiger charge is -2.28. The number of carbonyl (C=O) groups excluding carboxylic acids is 3. The van der Waals surface area contributed by atoms with Gasteiger partial charge in [0, 0.05) is 5.70 Å². The SMILES string of the molecule is CCOC(=O)C1=C(C)NC(=O)N[C@H]1c1ccc(OCC(=O)N/N=C\c2ccc(OCc3ccc(F)cc3)c(OCC)c2)c(OC)c1. The Morgan fingerprint density at radius 2 is 1.67 bits per heavy atom. The summed E-state index contributed by atoms with van der Waals surface area (Å²) in [4.78, 5) is 37.2. The van der Waals surface area contributed by atoms with Gasteiger partial charge < -0.3 is 34.3 Å². The van der Waals surface area contributed by atoms with Crippen LogP contribution in [0.3, 0.4) is 0 Å². The normalized spacial score (nSPS) is 14.3. The van der Waals surface area contributed by atoms with Crippen molar-refractivity contribution >= 4 is 24.1 Å². The largest absolute Gasteiger partial charge is 0.493 e. The highest BCUT2D eigenvalue weighted by Gasteiger charge is 2.32. The van der Waals surface area contributed by atoms with Gasteiger partial charge in [-0.15, -0.1) is 0 Å². The number of nitrogens with zero attached hydrogens (tertiary/aromatic N) is 1. The van der Waals surface area contributed by atoms with Gasteiger partial charge in [-0.3, -0.25) is 4.79 Å². The Bertz CT molecular complexity index is 1620. The first kappa shape index (κ1) is 33.3. The monoisotopic (exact) mass is 634 g/mol. The Labute approximate surface area is 265 Å². The molecule has 242 valence electrons. The van der Waals surface area contributed by atoms with Crippen LogP contribution in [0.4, 0.5) is 9.18 Å². The Kier molecular flexibility index (Phi) is 11.5. The molecule has 3 aromatic rings. The summed E-state index contributed by atoms with van der Waals surface area (Å²) in [5, 5.41) is 9.31. The standard InChI is InChI=1S/C33H35FN4O8/c1-5-43-28-15-22(9-13-26(28)45-18-21-7-11-24(34)12-8-21)17-35-38-29(39)19-46-25-14-10-23(16-27(25)42-4)31-30(32(40)44-6-2)20(3)36-33(41)37-31/h7-17,31H,5-6,18-19H2,1-4H3,(H,38,39)(H2,36,37,41)/b35-17-/t31-/m0/s1. The molecule has 4 rings (SSSR count). The predicted molar refractivity (Wildman–Crippen MR) is 166 cm³/mol. The zero-order valence-corrected chi connectivity index (χ0v) is 25.8. The molecule has 0 saturated carbocycles. The van der Waals surface area contributed by atoms with Crippen LogP contribution in [0.15, 0.2) is 77.0 Å². The van der Waals surface area contributed by atoms with Crippen LogP contribution in [0, 0.1) is 5.82 Å². The first-order valence-corrected chi connectivity index (χ1v) is 14.4. The maximum absolute atomic E-state index is 13.2. The van der Waals surface area contributed by atoms with Gasteiger partial charge in [0.05, 0.1) is 38.2 Å². The number of amides is 3. The van der Waals surface area contributed by atoms with Gasteiger partial charge in [0.15, 0.2) is 29.6 Å². The molecular weight excluding hydrogens is 599 g/mol. The maximum Gasteiger partial charge on any atom is 0.338 e. The maximum atomic E-state index is 13.2. The molecule has 0 saturated heterocycles. The molecular formula is C33H35FN4O8. The number of rotatable bonds is 14. The van der Waals surface area contributed by atoms with Crippen LogP contribution in [-0.4, -0.2) is 51.1 Å². The fraction of sp³-hybridized carbons (Fsp3) is 0.273. The van der Waals surface area contributed by atoms with Gasteiger partial charge in [0.2, 0.25) is 0 Å². The summed E-state index contributed by atoms with van der Waals surface area (Å²) in [6, 6.07) is 14.8. The molecule has 0 unspecified atom stereocenters. The van der Waals surface area contributed by atoms with Crippen molar-refractivity contribution in [2.75, 3.05) is 26.9 Å². The minimum Gasteiger partial charge on any atom is -0.493 e. The molecule has 0 aromatic heterocycles. The number of urea groups is 1. The van der Waals surface area contributed by atoms with Gasteiger partial charge in [-0.05, 0) is 79.9 Å². The second kappa shape index (κ2) is 15.9. The minimum absolute atomic E-state index is 0.175. The Morgan fingerprint density at radius 3 is 2.39 bits per heavy atom. The van der Waals surface area contributed by atoms with E-state index in [1.165, 1.54) is 25.5 Å². The molecule has 46 heavy (non-hydrogen) atoms. The van der Waals surface area contributed by atoms with Crippen molar-refractivity contribution in [2.45, 2.75) is 33.4 Å². The van der Waals surface area contributed by atoms with Crippen molar-refractivity contribution in [3.05, 3.63) is 94.4 Å². The van der Waals surface area contributed by atoms with E-state index in [0.717, 1.165) is 5.56 Å². The number of hydrogen-bond acceptors (Lipinski definition) is 9. The number of ether oxygens (including phenoxy) is 5. The van der Waals surface area contributed by atoms with Gasteiger partial charge in [0.1, 0.15) is 12.4 Å². The number of hydrazone groups is 1. The number of methoxy groups -OCH3 is 1. The van der Waals surface area contributed by atoms with Gasteiger partial charge in [0.25, 0.3) is 5.91 Å².